The Labute approximate surface area is 218 Å². The fraction of sp³-hybridized carbons (Fsp3) is 0.517. The molecule has 3 aliphatic rings. The van der Waals surface area contributed by atoms with Gasteiger partial charge in [0.05, 0.1) is 18.6 Å². The molecule has 3 amide bonds. The molecule has 2 unspecified atom stereocenters. The molecule has 2 aromatic rings. The Hall–Kier alpha value is -3.42. The summed E-state index contributed by atoms with van der Waals surface area (Å²) in [4.78, 5) is 48.8. The highest BCUT2D eigenvalue weighted by molar-refractivity contribution is 5.90. The van der Waals surface area contributed by atoms with Crippen LogP contribution in [0.4, 0.5) is 0 Å². The number of para-hydroxylation sites is 1. The van der Waals surface area contributed by atoms with Gasteiger partial charge in [0.25, 0.3) is 0 Å². The molecule has 1 aromatic heterocycles. The van der Waals surface area contributed by atoms with E-state index in [2.05, 4.69) is 4.98 Å². The molecule has 0 N–H and O–H groups in total. The molecule has 0 saturated carbocycles. The summed E-state index contributed by atoms with van der Waals surface area (Å²) in [6.45, 7) is 3.45. The summed E-state index contributed by atoms with van der Waals surface area (Å²) in [5.74, 6) is 0.707. The van der Waals surface area contributed by atoms with Crippen LogP contribution in [-0.4, -0.2) is 77.2 Å². The van der Waals surface area contributed by atoms with Crippen molar-refractivity contribution in [3.8, 4) is 5.75 Å². The summed E-state index contributed by atoms with van der Waals surface area (Å²) in [5, 5.41) is 0. The zero-order valence-electron chi connectivity index (χ0n) is 21.6. The first-order valence-electron chi connectivity index (χ1n) is 13.4. The van der Waals surface area contributed by atoms with Crippen LogP contribution >= 0.6 is 0 Å². The van der Waals surface area contributed by atoms with Crippen molar-refractivity contribution in [1.29, 1.82) is 0 Å². The molecule has 196 valence electrons. The lowest BCUT2D eigenvalue weighted by atomic mass is 9.77. The van der Waals surface area contributed by atoms with Gasteiger partial charge in [-0.15, -0.1) is 0 Å². The fourth-order valence-corrected chi connectivity index (χ4v) is 6.18. The molecule has 5 rings (SSSR count). The number of nitrogens with zero attached hydrogens (tertiary/aromatic N) is 4. The van der Waals surface area contributed by atoms with Crippen molar-refractivity contribution in [3.05, 3.63) is 60.4 Å². The monoisotopic (exact) mass is 504 g/mol. The standard InChI is InChI=1S/C29H36N4O4/c1-31-26(35)19-24(27(31)22-7-5-14-30-20-22)28(36)33-17-13-29(21-33)11-15-32(16-12-29)25(34)10-6-18-37-23-8-3-2-4-9-23/h2-5,7-9,14,20,24,27H,6,10-13,15-19,21H2,1H3. The molecule has 1 spiro atoms. The van der Waals surface area contributed by atoms with Gasteiger partial charge in [-0.2, -0.15) is 0 Å². The zero-order valence-corrected chi connectivity index (χ0v) is 21.6. The molecule has 8 heteroatoms. The number of hydrogen-bond acceptors (Lipinski definition) is 5. The molecule has 3 saturated heterocycles. The van der Waals surface area contributed by atoms with Gasteiger partial charge in [0, 0.05) is 58.5 Å². The topological polar surface area (TPSA) is 83.1 Å². The number of aromatic nitrogens is 1. The van der Waals surface area contributed by atoms with Crippen molar-refractivity contribution < 1.29 is 19.1 Å². The van der Waals surface area contributed by atoms with Gasteiger partial charge >= 0.3 is 0 Å². The zero-order chi connectivity index (χ0) is 25.8. The van der Waals surface area contributed by atoms with E-state index in [0.717, 1.165) is 50.2 Å². The maximum atomic E-state index is 13.6. The van der Waals surface area contributed by atoms with Crippen molar-refractivity contribution in [3.63, 3.8) is 0 Å². The summed E-state index contributed by atoms with van der Waals surface area (Å²) in [6.07, 6.45) is 7.68. The third-order valence-electron chi connectivity index (χ3n) is 8.40. The van der Waals surface area contributed by atoms with Crippen molar-refractivity contribution >= 4 is 17.7 Å². The lowest BCUT2D eigenvalue weighted by Gasteiger charge is -2.39. The van der Waals surface area contributed by atoms with Gasteiger partial charge in [-0.1, -0.05) is 24.3 Å². The van der Waals surface area contributed by atoms with Crippen LogP contribution in [0.1, 0.15) is 50.1 Å². The van der Waals surface area contributed by atoms with E-state index < -0.39 is 0 Å². The van der Waals surface area contributed by atoms with Gasteiger partial charge in [-0.3, -0.25) is 19.4 Å². The summed E-state index contributed by atoms with van der Waals surface area (Å²) in [7, 11) is 1.78. The number of benzene rings is 1. The first-order valence-corrected chi connectivity index (χ1v) is 13.4. The van der Waals surface area contributed by atoms with Gasteiger partial charge < -0.3 is 19.4 Å². The second-order valence-corrected chi connectivity index (χ2v) is 10.7. The van der Waals surface area contributed by atoms with E-state index in [1.165, 1.54) is 0 Å². The van der Waals surface area contributed by atoms with Crippen LogP contribution in [0.3, 0.4) is 0 Å². The average Bonchev–Trinajstić information content (AvgIpc) is 3.48. The third kappa shape index (κ3) is 5.48. The van der Waals surface area contributed by atoms with E-state index in [0.29, 0.717) is 26.0 Å². The number of likely N-dealkylation sites (tertiary alicyclic amines) is 3. The number of piperidine rings is 1. The number of amides is 3. The minimum absolute atomic E-state index is 0.00195. The summed E-state index contributed by atoms with van der Waals surface area (Å²) in [6, 6.07) is 13.2. The third-order valence-corrected chi connectivity index (χ3v) is 8.40. The van der Waals surface area contributed by atoms with E-state index in [9.17, 15) is 14.4 Å². The van der Waals surface area contributed by atoms with Gasteiger partial charge in [-0.05, 0) is 54.9 Å². The highest BCUT2D eigenvalue weighted by atomic mass is 16.5. The molecular formula is C29H36N4O4. The van der Waals surface area contributed by atoms with Crippen molar-refractivity contribution in [2.45, 2.75) is 44.6 Å². The highest BCUT2D eigenvalue weighted by Gasteiger charge is 2.48. The largest absolute Gasteiger partial charge is 0.494 e. The highest BCUT2D eigenvalue weighted by Crippen LogP contribution is 2.43. The van der Waals surface area contributed by atoms with Crippen LogP contribution in [0.15, 0.2) is 54.9 Å². The molecule has 3 aliphatic heterocycles. The Bertz CT molecular complexity index is 1100. The van der Waals surface area contributed by atoms with E-state index in [1.807, 2.05) is 52.3 Å². The lowest BCUT2D eigenvalue weighted by molar-refractivity contribution is -0.137. The Morgan fingerprint density at radius 1 is 1.03 bits per heavy atom. The summed E-state index contributed by atoms with van der Waals surface area (Å²) in [5.41, 5.74) is 0.977. The lowest BCUT2D eigenvalue weighted by Crippen LogP contribution is -2.45. The van der Waals surface area contributed by atoms with Crippen LogP contribution in [0, 0.1) is 11.3 Å². The van der Waals surface area contributed by atoms with Gasteiger partial charge in [0.2, 0.25) is 17.7 Å². The van der Waals surface area contributed by atoms with Crippen LogP contribution in [0.2, 0.25) is 0 Å². The number of carbonyl (C=O) groups is 3. The Kier molecular flexibility index (Phi) is 7.44. The van der Waals surface area contributed by atoms with Crippen molar-refractivity contribution in [1.82, 2.24) is 19.7 Å². The first kappa shape index (κ1) is 25.2. The number of carbonyl (C=O) groups excluding carboxylic acids is 3. The number of rotatable bonds is 7. The van der Waals surface area contributed by atoms with E-state index in [-0.39, 0.29) is 41.5 Å². The van der Waals surface area contributed by atoms with E-state index >= 15 is 0 Å². The molecular weight excluding hydrogens is 468 g/mol. The number of hydrogen-bond donors (Lipinski definition) is 0. The predicted octanol–water partition coefficient (Wildman–Crippen LogP) is 3.30. The number of pyridine rings is 1. The smallest absolute Gasteiger partial charge is 0.228 e. The predicted molar refractivity (Wildman–Crippen MR) is 138 cm³/mol. The SMILES string of the molecule is CN1C(=O)CC(C(=O)N2CCC3(CCN(C(=O)CCCOc4ccccc4)CC3)C2)C1c1cccnc1. The quantitative estimate of drug-likeness (QED) is 0.541. The molecule has 2 atom stereocenters. The maximum Gasteiger partial charge on any atom is 0.228 e. The van der Waals surface area contributed by atoms with Gasteiger partial charge in [0.15, 0.2) is 0 Å². The van der Waals surface area contributed by atoms with Gasteiger partial charge in [0.1, 0.15) is 5.75 Å². The van der Waals surface area contributed by atoms with Crippen LogP contribution in [0.25, 0.3) is 0 Å². The molecule has 0 aliphatic carbocycles. The molecule has 8 nitrogen and oxygen atoms in total. The Balaban J connectivity index is 1.11. The first-order chi connectivity index (χ1) is 18.0. The van der Waals surface area contributed by atoms with Crippen LogP contribution in [0.5, 0.6) is 5.75 Å². The van der Waals surface area contributed by atoms with Crippen LogP contribution in [-0.2, 0) is 14.4 Å². The normalized spacial score (nSPS) is 23.1. The molecule has 37 heavy (non-hydrogen) atoms. The molecule has 1 aromatic carbocycles. The molecule has 0 bridgehead atoms. The van der Waals surface area contributed by atoms with E-state index in [1.54, 1.807) is 24.3 Å². The second kappa shape index (κ2) is 10.9. The minimum atomic E-state index is -0.378. The molecule has 4 heterocycles. The van der Waals surface area contributed by atoms with Crippen molar-refractivity contribution in [2.24, 2.45) is 11.3 Å². The number of ether oxygens (including phenoxy) is 1. The molecule has 3 fully saturated rings. The Morgan fingerprint density at radius 3 is 2.46 bits per heavy atom. The minimum Gasteiger partial charge on any atom is -0.494 e. The summed E-state index contributed by atoms with van der Waals surface area (Å²) < 4.78 is 5.71. The second-order valence-electron chi connectivity index (χ2n) is 10.7. The van der Waals surface area contributed by atoms with Crippen LogP contribution < -0.4 is 4.74 Å². The average molecular weight is 505 g/mol. The Morgan fingerprint density at radius 2 is 1.76 bits per heavy atom. The van der Waals surface area contributed by atoms with Gasteiger partial charge in [-0.25, -0.2) is 0 Å². The molecule has 0 radical (unpaired) electrons. The van der Waals surface area contributed by atoms with Crippen molar-refractivity contribution in [2.75, 3.05) is 39.8 Å². The van der Waals surface area contributed by atoms with E-state index in [4.69, 9.17) is 4.74 Å². The summed E-state index contributed by atoms with van der Waals surface area (Å²) >= 11 is 0. The fourth-order valence-electron chi connectivity index (χ4n) is 6.18. The maximum absolute atomic E-state index is 13.6.